The quantitative estimate of drug-likeness (QED) is 0.875. The van der Waals surface area contributed by atoms with Crippen molar-refractivity contribution in [2.24, 2.45) is 5.73 Å². The maximum absolute atomic E-state index is 12.1. The number of benzene rings is 1. The first-order valence-corrected chi connectivity index (χ1v) is 9.57. The summed E-state index contributed by atoms with van der Waals surface area (Å²) in [4.78, 5) is 24.0. The van der Waals surface area contributed by atoms with Crippen LogP contribution in [0.2, 0.25) is 0 Å². The van der Waals surface area contributed by atoms with Crippen molar-refractivity contribution < 1.29 is 9.59 Å². The Hall–Kier alpha value is -2.56. The van der Waals surface area contributed by atoms with Crippen molar-refractivity contribution in [3.05, 3.63) is 41.6 Å². The van der Waals surface area contributed by atoms with Crippen LogP contribution >= 0.6 is 0 Å². The molecule has 2 aromatic rings. The van der Waals surface area contributed by atoms with Crippen LogP contribution in [0, 0.1) is 0 Å². The van der Waals surface area contributed by atoms with Gasteiger partial charge in [-0.05, 0) is 43.5 Å². The Morgan fingerprint density at radius 1 is 1.04 bits per heavy atom. The van der Waals surface area contributed by atoms with Crippen LogP contribution in [0.5, 0.6) is 0 Å². The molecule has 3 N–H and O–H groups in total. The number of carbonyl (C=O) groups is 2. The summed E-state index contributed by atoms with van der Waals surface area (Å²) in [7, 11) is 0. The van der Waals surface area contributed by atoms with Crippen molar-refractivity contribution in [1.29, 1.82) is 0 Å². The van der Waals surface area contributed by atoms with Gasteiger partial charge < -0.3 is 15.6 Å². The molecule has 0 spiro atoms. The van der Waals surface area contributed by atoms with Crippen molar-refractivity contribution in [3.63, 3.8) is 0 Å². The molecule has 0 unspecified atom stereocenters. The topological polar surface area (TPSA) is 77.1 Å². The van der Waals surface area contributed by atoms with E-state index in [9.17, 15) is 9.59 Å². The first-order chi connectivity index (χ1) is 12.6. The van der Waals surface area contributed by atoms with E-state index in [1.54, 1.807) is 6.07 Å². The lowest BCUT2D eigenvalue weighted by Crippen LogP contribution is -2.24. The number of Topliss-reactive ketones (excluding diaryl/α,β-unsaturated/α-hetero) is 1. The zero-order chi connectivity index (χ0) is 18.1. The number of nitrogens with zero attached hydrogens (tertiary/aromatic N) is 1. The summed E-state index contributed by atoms with van der Waals surface area (Å²) < 4.78 is 2.09. The molecule has 2 aliphatic rings. The average molecular weight is 351 g/mol. The van der Waals surface area contributed by atoms with E-state index in [0.717, 1.165) is 48.4 Å². The number of carbonyl (C=O) groups excluding carboxylic acids is 2. The number of hydrogen-bond donors (Lipinski definition) is 2. The minimum absolute atomic E-state index is 0.205. The second-order valence-corrected chi connectivity index (χ2v) is 7.39. The number of amides is 1. The Kier molecular flexibility index (Phi) is 4.53. The zero-order valence-electron chi connectivity index (χ0n) is 15.0. The Bertz CT molecular complexity index is 847. The highest BCUT2D eigenvalue weighted by Gasteiger charge is 2.22. The number of ketones is 1. The molecule has 4 rings (SSSR count). The number of fused-ring (bicyclic) bond motifs is 1. The van der Waals surface area contributed by atoms with Crippen LogP contribution in [0.4, 0.5) is 5.69 Å². The van der Waals surface area contributed by atoms with Crippen LogP contribution in [0.3, 0.4) is 0 Å². The van der Waals surface area contributed by atoms with Gasteiger partial charge in [-0.3, -0.25) is 9.59 Å². The number of anilines is 1. The van der Waals surface area contributed by atoms with Gasteiger partial charge in [0.05, 0.1) is 11.3 Å². The van der Waals surface area contributed by atoms with Crippen molar-refractivity contribution in [1.82, 2.24) is 4.57 Å². The summed E-state index contributed by atoms with van der Waals surface area (Å²) in [6.45, 7) is 0.854. The number of hydrogen-bond acceptors (Lipinski definition) is 3. The third-order valence-corrected chi connectivity index (χ3v) is 5.60. The molecule has 1 aromatic heterocycles. The molecule has 1 amide bonds. The van der Waals surface area contributed by atoms with Gasteiger partial charge in [-0.25, -0.2) is 0 Å². The van der Waals surface area contributed by atoms with Crippen molar-refractivity contribution in [2.75, 3.05) is 5.32 Å². The molecule has 2 heterocycles. The van der Waals surface area contributed by atoms with E-state index in [1.165, 1.54) is 19.3 Å². The van der Waals surface area contributed by atoms with E-state index in [2.05, 4.69) is 9.88 Å². The lowest BCUT2D eigenvalue weighted by molar-refractivity contribution is 0.0954. The Balaban J connectivity index is 1.70. The van der Waals surface area contributed by atoms with E-state index in [1.807, 2.05) is 24.3 Å². The maximum atomic E-state index is 12.1. The number of primary amides is 1. The fourth-order valence-corrected chi connectivity index (χ4v) is 4.23. The molecule has 5 heteroatoms. The van der Waals surface area contributed by atoms with Crippen molar-refractivity contribution in [2.45, 2.75) is 57.5 Å². The second-order valence-electron chi connectivity index (χ2n) is 7.39. The van der Waals surface area contributed by atoms with E-state index >= 15 is 0 Å². The maximum Gasteiger partial charge on any atom is 0.250 e. The molecule has 1 fully saturated rings. The highest BCUT2D eigenvalue weighted by Crippen LogP contribution is 2.31. The first-order valence-electron chi connectivity index (χ1n) is 9.57. The van der Waals surface area contributed by atoms with Gasteiger partial charge in [0.2, 0.25) is 0 Å². The Morgan fingerprint density at radius 3 is 2.58 bits per heavy atom. The van der Waals surface area contributed by atoms with E-state index < -0.39 is 5.91 Å². The minimum Gasteiger partial charge on any atom is -0.382 e. The SMILES string of the molecule is NC(=O)c1ccc(-c2ccc3n2CCCC3=O)cc1NC1CCCCC1. The van der Waals surface area contributed by atoms with Crippen LogP contribution in [0.1, 0.15) is 65.8 Å². The van der Waals surface area contributed by atoms with Gasteiger partial charge in [0.1, 0.15) is 0 Å². The van der Waals surface area contributed by atoms with Crippen LogP contribution < -0.4 is 11.1 Å². The predicted molar refractivity (Wildman–Crippen MR) is 102 cm³/mol. The van der Waals surface area contributed by atoms with Crippen LogP contribution in [0.15, 0.2) is 30.3 Å². The third-order valence-electron chi connectivity index (χ3n) is 5.60. The molecular formula is C21H25N3O2. The minimum atomic E-state index is -0.415. The second kappa shape index (κ2) is 6.98. The molecular weight excluding hydrogens is 326 g/mol. The number of aromatic nitrogens is 1. The molecule has 1 aliphatic carbocycles. The number of rotatable bonds is 4. The summed E-state index contributed by atoms with van der Waals surface area (Å²) in [5, 5.41) is 3.54. The van der Waals surface area contributed by atoms with Gasteiger partial charge in [0.15, 0.2) is 5.78 Å². The summed E-state index contributed by atoms with van der Waals surface area (Å²) in [5.41, 5.74) is 9.74. The summed E-state index contributed by atoms with van der Waals surface area (Å²) in [6.07, 6.45) is 7.47. The van der Waals surface area contributed by atoms with E-state index in [-0.39, 0.29) is 5.78 Å². The number of nitrogens with one attached hydrogen (secondary N) is 1. The Labute approximate surface area is 153 Å². The average Bonchev–Trinajstić information content (AvgIpc) is 3.08. The molecule has 26 heavy (non-hydrogen) atoms. The normalized spacial score (nSPS) is 17.8. The van der Waals surface area contributed by atoms with Gasteiger partial charge in [-0.15, -0.1) is 0 Å². The van der Waals surface area contributed by atoms with Crippen molar-refractivity contribution >= 4 is 17.4 Å². The van der Waals surface area contributed by atoms with Crippen LogP contribution in [-0.2, 0) is 6.54 Å². The van der Waals surface area contributed by atoms with E-state index in [4.69, 9.17) is 5.73 Å². The van der Waals surface area contributed by atoms with E-state index in [0.29, 0.717) is 18.0 Å². The predicted octanol–water partition coefficient (Wildman–Crippen LogP) is 3.98. The molecule has 136 valence electrons. The summed E-state index contributed by atoms with van der Waals surface area (Å²) >= 11 is 0. The van der Waals surface area contributed by atoms with Gasteiger partial charge in [-0.1, -0.05) is 25.3 Å². The van der Waals surface area contributed by atoms with Crippen LogP contribution in [-0.4, -0.2) is 22.3 Å². The summed E-state index contributed by atoms with van der Waals surface area (Å²) in [5.74, 6) is -0.209. The summed E-state index contributed by atoms with van der Waals surface area (Å²) in [6, 6.07) is 10.0. The van der Waals surface area contributed by atoms with Gasteiger partial charge in [-0.2, -0.15) is 0 Å². The molecule has 5 nitrogen and oxygen atoms in total. The Morgan fingerprint density at radius 2 is 1.81 bits per heavy atom. The molecule has 1 saturated carbocycles. The molecule has 1 aliphatic heterocycles. The standard InChI is InChI=1S/C21H25N3O2/c22-21(26)16-9-8-14(13-17(16)23-15-5-2-1-3-6-15)18-10-11-19-20(25)7-4-12-24(18)19/h8-11,13,15,23H,1-7,12H2,(H2,22,26). The van der Waals surface area contributed by atoms with Gasteiger partial charge in [0, 0.05) is 36.0 Å². The molecule has 0 atom stereocenters. The molecule has 0 saturated heterocycles. The first kappa shape index (κ1) is 16.9. The highest BCUT2D eigenvalue weighted by molar-refractivity contribution is 6.00. The zero-order valence-corrected chi connectivity index (χ0v) is 15.0. The smallest absolute Gasteiger partial charge is 0.250 e. The molecule has 1 aromatic carbocycles. The fraction of sp³-hybridized carbons (Fsp3) is 0.429. The molecule has 0 radical (unpaired) electrons. The fourth-order valence-electron chi connectivity index (χ4n) is 4.23. The largest absolute Gasteiger partial charge is 0.382 e. The number of nitrogens with two attached hydrogens (primary N) is 1. The van der Waals surface area contributed by atoms with Crippen molar-refractivity contribution in [3.8, 4) is 11.3 Å². The van der Waals surface area contributed by atoms with Gasteiger partial charge >= 0.3 is 0 Å². The third kappa shape index (κ3) is 3.14. The molecule has 0 bridgehead atoms. The van der Waals surface area contributed by atoms with Gasteiger partial charge in [0.25, 0.3) is 5.91 Å². The highest BCUT2D eigenvalue weighted by atomic mass is 16.1. The van der Waals surface area contributed by atoms with Crippen LogP contribution in [0.25, 0.3) is 11.3 Å². The lowest BCUT2D eigenvalue weighted by atomic mass is 9.94. The lowest BCUT2D eigenvalue weighted by Gasteiger charge is -2.25. The monoisotopic (exact) mass is 351 g/mol.